The van der Waals surface area contributed by atoms with Gasteiger partial charge >= 0.3 is 0 Å². The van der Waals surface area contributed by atoms with Gasteiger partial charge in [0.1, 0.15) is 12.4 Å². The van der Waals surface area contributed by atoms with Crippen LogP contribution in [0.4, 0.5) is 5.82 Å². The zero-order chi connectivity index (χ0) is 26.8. The maximum Gasteiger partial charge on any atom is 0.240 e. The van der Waals surface area contributed by atoms with Crippen LogP contribution in [0.3, 0.4) is 0 Å². The zero-order valence-electron chi connectivity index (χ0n) is 21.5. The van der Waals surface area contributed by atoms with Crippen molar-refractivity contribution in [2.45, 2.75) is 32.1 Å². The summed E-state index contributed by atoms with van der Waals surface area (Å²) < 4.78 is 1.73. The molecule has 194 valence electrons. The predicted octanol–water partition coefficient (Wildman–Crippen LogP) is 6.19. The summed E-state index contributed by atoms with van der Waals surface area (Å²) in [5.41, 5.74) is 5.42. The molecule has 0 fully saturated rings. The summed E-state index contributed by atoms with van der Waals surface area (Å²) in [6, 6.07) is 25.6. The van der Waals surface area contributed by atoms with Gasteiger partial charge in [-0.05, 0) is 38.5 Å². The van der Waals surface area contributed by atoms with E-state index in [-0.39, 0.29) is 35.4 Å². The van der Waals surface area contributed by atoms with Gasteiger partial charge in [-0.3, -0.25) is 14.5 Å². The van der Waals surface area contributed by atoms with Crippen molar-refractivity contribution >= 4 is 41.0 Å². The Morgan fingerprint density at radius 1 is 1.08 bits per heavy atom. The third-order valence-corrected chi connectivity index (χ3v) is 7.89. The van der Waals surface area contributed by atoms with Crippen LogP contribution in [0.25, 0.3) is 16.9 Å². The lowest BCUT2D eigenvalue weighted by atomic mass is 9.98. The monoisotopic (exact) mass is 544 g/mol. The fourth-order valence-corrected chi connectivity index (χ4v) is 6.13. The average molecular weight is 545 g/mol. The first kappa shape index (κ1) is 26.1. The van der Waals surface area contributed by atoms with Crippen LogP contribution in [0.1, 0.15) is 35.8 Å². The SMILES string of the molecule is Cc1cccc(C2SCC(=O)N(CC(=O)NC(C)C)c3c2c(-c2ccccc2)nn3-c2ccccc2Cl)c1. The number of carbonyl (C=O) groups excluding carboxylic acids is 2. The molecule has 0 radical (unpaired) electrons. The Hall–Kier alpha value is -3.55. The van der Waals surface area contributed by atoms with E-state index in [9.17, 15) is 9.59 Å². The summed E-state index contributed by atoms with van der Waals surface area (Å²) >= 11 is 8.24. The van der Waals surface area contributed by atoms with Crippen LogP contribution in [-0.4, -0.2) is 39.9 Å². The van der Waals surface area contributed by atoms with E-state index >= 15 is 0 Å². The van der Waals surface area contributed by atoms with Crippen molar-refractivity contribution in [2.24, 2.45) is 0 Å². The molecule has 1 aromatic heterocycles. The highest BCUT2D eigenvalue weighted by atomic mass is 35.5. The number of amides is 2. The second kappa shape index (κ2) is 11.1. The molecule has 0 saturated heterocycles. The fourth-order valence-electron chi connectivity index (χ4n) is 4.73. The van der Waals surface area contributed by atoms with E-state index in [2.05, 4.69) is 30.4 Å². The smallest absolute Gasteiger partial charge is 0.240 e. The van der Waals surface area contributed by atoms with Gasteiger partial charge in [0.2, 0.25) is 11.8 Å². The summed E-state index contributed by atoms with van der Waals surface area (Å²) in [5, 5.41) is 8.32. The van der Waals surface area contributed by atoms with Crippen LogP contribution in [0.2, 0.25) is 5.02 Å². The number of aryl methyl sites for hydroxylation is 1. The van der Waals surface area contributed by atoms with Gasteiger partial charge in [-0.25, -0.2) is 4.68 Å². The summed E-state index contributed by atoms with van der Waals surface area (Å²) in [5.74, 6) is 0.404. The lowest BCUT2D eigenvalue weighted by Gasteiger charge is -2.24. The highest BCUT2D eigenvalue weighted by molar-refractivity contribution is 8.00. The van der Waals surface area contributed by atoms with E-state index in [1.54, 1.807) is 27.4 Å². The Labute approximate surface area is 232 Å². The summed E-state index contributed by atoms with van der Waals surface area (Å²) in [7, 11) is 0. The molecule has 5 rings (SSSR count). The van der Waals surface area contributed by atoms with E-state index < -0.39 is 0 Å². The molecule has 38 heavy (non-hydrogen) atoms. The minimum atomic E-state index is -0.230. The summed E-state index contributed by atoms with van der Waals surface area (Å²) in [4.78, 5) is 28.3. The number of hydrogen-bond donors (Lipinski definition) is 1. The first-order chi connectivity index (χ1) is 18.3. The minimum absolute atomic E-state index is 0.0492. The van der Waals surface area contributed by atoms with Gasteiger partial charge in [0.05, 0.1) is 27.4 Å². The number of hydrogen-bond acceptors (Lipinski definition) is 4. The highest BCUT2D eigenvalue weighted by Gasteiger charge is 2.38. The maximum atomic E-state index is 13.7. The van der Waals surface area contributed by atoms with Crippen LogP contribution in [0.5, 0.6) is 0 Å². The van der Waals surface area contributed by atoms with E-state index in [0.29, 0.717) is 16.5 Å². The molecule has 4 aromatic rings. The van der Waals surface area contributed by atoms with Crippen LogP contribution >= 0.6 is 23.4 Å². The van der Waals surface area contributed by atoms with E-state index in [0.717, 1.165) is 27.9 Å². The number of aromatic nitrogens is 2. The molecule has 0 saturated carbocycles. The second-order valence-corrected chi connectivity index (χ2v) is 11.1. The van der Waals surface area contributed by atoms with E-state index in [1.807, 2.05) is 68.4 Å². The minimum Gasteiger partial charge on any atom is -0.352 e. The molecule has 0 spiro atoms. The molecule has 2 amide bonds. The maximum absolute atomic E-state index is 13.7. The molecule has 3 aromatic carbocycles. The third kappa shape index (κ3) is 5.22. The first-order valence-electron chi connectivity index (χ1n) is 12.5. The molecule has 6 nitrogen and oxygen atoms in total. The Morgan fingerprint density at radius 3 is 2.53 bits per heavy atom. The molecule has 2 heterocycles. The summed E-state index contributed by atoms with van der Waals surface area (Å²) in [6.45, 7) is 5.75. The molecule has 1 N–H and O–H groups in total. The largest absolute Gasteiger partial charge is 0.352 e. The summed E-state index contributed by atoms with van der Waals surface area (Å²) in [6.07, 6.45) is 0. The van der Waals surface area contributed by atoms with Crippen LogP contribution in [0.15, 0.2) is 78.9 Å². The van der Waals surface area contributed by atoms with Gasteiger partial charge in [0.15, 0.2) is 0 Å². The normalized spacial score (nSPS) is 15.3. The molecule has 1 atom stereocenters. The Morgan fingerprint density at radius 2 is 1.82 bits per heavy atom. The predicted molar refractivity (Wildman–Crippen MR) is 155 cm³/mol. The van der Waals surface area contributed by atoms with E-state index in [4.69, 9.17) is 16.7 Å². The van der Waals surface area contributed by atoms with Gasteiger partial charge in [-0.15, -0.1) is 11.8 Å². The Kier molecular flexibility index (Phi) is 7.58. The number of rotatable bonds is 6. The number of anilines is 1. The van der Waals surface area contributed by atoms with Gasteiger partial charge in [0, 0.05) is 17.2 Å². The van der Waals surface area contributed by atoms with Crippen molar-refractivity contribution in [3.63, 3.8) is 0 Å². The van der Waals surface area contributed by atoms with Gasteiger partial charge in [-0.1, -0.05) is 83.9 Å². The standard InChI is InChI=1S/C30H29ClN4O2S/c1-19(2)32-25(36)17-34-26(37)18-38-29(22-13-9-10-20(3)16-22)27-28(21-11-5-4-6-12-21)33-35(30(27)34)24-15-8-7-14-23(24)31/h4-16,19,29H,17-18H2,1-3H3,(H,32,36). The number of nitrogens with one attached hydrogen (secondary N) is 1. The number of carbonyl (C=O) groups is 2. The average Bonchev–Trinajstić information content (AvgIpc) is 3.21. The molecule has 1 aliphatic heterocycles. The van der Waals surface area contributed by atoms with Gasteiger partial charge < -0.3 is 5.32 Å². The topological polar surface area (TPSA) is 67.2 Å². The first-order valence-corrected chi connectivity index (χ1v) is 14.0. The van der Waals surface area contributed by atoms with Crippen LogP contribution in [-0.2, 0) is 9.59 Å². The van der Waals surface area contributed by atoms with Crippen LogP contribution in [0, 0.1) is 6.92 Å². The molecule has 0 bridgehead atoms. The highest BCUT2D eigenvalue weighted by Crippen LogP contribution is 2.49. The fraction of sp³-hybridized carbons (Fsp3) is 0.233. The molecule has 8 heteroatoms. The van der Waals surface area contributed by atoms with Crippen molar-refractivity contribution in [2.75, 3.05) is 17.2 Å². The van der Waals surface area contributed by atoms with Crippen molar-refractivity contribution in [3.8, 4) is 16.9 Å². The molecule has 0 aliphatic carbocycles. The Balaban J connectivity index is 1.82. The number of thioether (sulfide) groups is 1. The third-order valence-electron chi connectivity index (χ3n) is 6.31. The quantitative estimate of drug-likeness (QED) is 0.314. The molecule has 1 unspecified atom stereocenters. The van der Waals surface area contributed by atoms with Crippen LogP contribution < -0.4 is 10.2 Å². The van der Waals surface area contributed by atoms with Gasteiger partial charge in [-0.2, -0.15) is 5.10 Å². The van der Waals surface area contributed by atoms with Crippen molar-refractivity contribution in [3.05, 3.63) is 101 Å². The van der Waals surface area contributed by atoms with E-state index in [1.165, 1.54) is 0 Å². The lowest BCUT2D eigenvalue weighted by Crippen LogP contribution is -2.44. The van der Waals surface area contributed by atoms with Gasteiger partial charge in [0.25, 0.3) is 0 Å². The van der Waals surface area contributed by atoms with Crippen molar-refractivity contribution < 1.29 is 9.59 Å². The second-order valence-electron chi connectivity index (χ2n) is 9.62. The Bertz CT molecular complexity index is 1480. The number of halogens is 1. The van der Waals surface area contributed by atoms with Crippen molar-refractivity contribution in [1.29, 1.82) is 0 Å². The lowest BCUT2D eigenvalue weighted by molar-refractivity contribution is -0.123. The molecular formula is C30H29ClN4O2S. The number of fused-ring (bicyclic) bond motifs is 1. The molecular weight excluding hydrogens is 516 g/mol. The number of para-hydroxylation sites is 1. The molecule has 1 aliphatic rings. The van der Waals surface area contributed by atoms with Crippen molar-refractivity contribution in [1.82, 2.24) is 15.1 Å². The number of benzene rings is 3. The number of nitrogens with zero attached hydrogens (tertiary/aromatic N) is 3. The zero-order valence-corrected chi connectivity index (χ0v) is 23.1.